The molecule has 0 fully saturated rings. The molecule has 0 saturated heterocycles. The molecule has 0 aliphatic heterocycles. The number of alkyl halides is 8. The number of rotatable bonds is 5. The number of anilines is 1. The zero-order valence-electron chi connectivity index (χ0n) is 19.2. The maximum absolute atomic E-state index is 14.0. The Balaban J connectivity index is 1.74. The van der Waals surface area contributed by atoms with E-state index in [1.54, 1.807) is 0 Å². The van der Waals surface area contributed by atoms with E-state index < -0.39 is 41.3 Å². The van der Waals surface area contributed by atoms with Gasteiger partial charge in [0.2, 0.25) is 0 Å². The second kappa shape index (κ2) is 9.83. The lowest BCUT2D eigenvalue weighted by Crippen LogP contribution is -2.36. The fourth-order valence-electron chi connectivity index (χ4n) is 3.59. The van der Waals surface area contributed by atoms with Crippen LogP contribution in [0.1, 0.15) is 21.6 Å². The summed E-state index contributed by atoms with van der Waals surface area (Å²) in [5.74, 6) is -7.71. The summed E-state index contributed by atoms with van der Waals surface area (Å²) in [4.78, 5) is 12.8. The van der Waals surface area contributed by atoms with Crippen LogP contribution in [-0.2, 0) is 19.1 Å². The molecule has 0 aliphatic rings. The number of amides is 1. The van der Waals surface area contributed by atoms with Gasteiger partial charge in [-0.1, -0.05) is 29.3 Å². The molecule has 2 aromatic heterocycles. The van der Waals surface area contributed by atoms with Crippen LogP contribution < -0.4 is 5.32 Å². The Hall–Kier alpha value is -3.65. The van der Waals surface area contributed by atoms with Crippen LogP contribution in [0.3, 0.4) is 0 Å². The van der Waals surface area contributed by atoms with Crippen LogP contribution in [0.5, 0.6) is 0 Å². The Kier molecular flexibility index (Phi) is 7.15. The van der Waals surface area contributed by atoms with E-state index in [1.165, 1.54) is 42.5 Å². The van der Waals surface area contributed by atoms with Gasteiger partial charge in [0.25, 0.3) is 5.91 Å². The van der Waals surface area contributed by atoms with Gasteiger partial charge in [0, 0.05) is 29.5 Å². The summed E-state index contributed by atoms with van der Waals surface area (Å²) in [5, 5.41) is 9.62. The predicted molar refractivity (Wildman–Crippen MR) is 125 cm³/mol. The average Bonchev–Trinajstić information content (AvgIpc) is 3.44. The first-order valence-electron chi connectivity index (χ1n) is 10.5. The molecule has 39 heavy (non-hydrogen) atoms. The second-order valence-electron chi connectivity index (χ2n) is 8.07. The summed E-state index contributed by atoms with van der Waals surface area (Å²) in [6.07, 6.45) is -10.0. The topological polar surface area (TPSA) is 64.7 Å². The number of hydrogen-bond acceptors (Lipinski definition) is 3. The number of nitrogens with one attached hydrogen (secondary N) is 1. The van der Waals surface area contributed by atoms with Gasteiger partial charge < -0.3 is 5.32 Å². The Morgan fingerprint density at radius 2 is 1.56 bits per heavy atom. The van der Waals surface area contributed by atoms with Gasteiger partial charge in [-0.3, -0.25) is 4.79 Å². The summed E-state index contributed by atoms with van der Waals surface area (Å²) in [7, 11) is 0.767. The highest BCUT2D eigenvalue weighted by atomic mass is 35.5. The van der Waals surface area contributed by atoms with E-state index >= 15 is 0 Å². The van der Waals surface area contributed by atoms with E-state index in [-0.39, 0.29) is 26.4 Å². The number of carbonyl (C=O) groups excluding carboxylic acids is 1. The maximum atomic E-state index is 14.0. The van der Waals surface area contributed by atoms with Crippen LogP contribution in [0, 0.1) is 0 Å². The van der Waals surface area contributed by atoms with Crippen molar-refractivity contribution in [3.8, 4) is 16.9 Å². The fourth-order valence-corrected chi connectivity index (χ4v) is 3.92. The number of nitrogens with zero attached hydrogens (tertiary/aromatic N) is 4. The van der Waals surface area contributed by atoms with Crippen LogP contribution >= 0.6 is 23.2 Å². The lowest BCUT2D eigenvalue weighted by Gasteiger charge is -2.19. The summed E-state index contributed by atoms with van der Waals surface area (Å²) in [6, 6.07) is 10.2. The van der Waals surface area contributed by atoms with E-state index in [9.17, 15) is 39.9 Å². The summed E-state index contributed by atoms with van der Waals surface area (Å²) >= 11 is 12.0. The number of aryl methyl sites for hydroxylation is 1. The lowest BCUT2D eigenvalue weighted by atomic mass is 10.1. The van der Waals surface area contributed by atoms with Gasteiger partial charge in [-0.2, -0.15) is 45.3 Å². The summed E-state index contributed by atoms with van der Waals surface area (Å²) in [6.45, 7) is 0. The van der Waals surface area contributed by atoms with E-state index in [0.29, 0.717) is 15.4 Å². The molecule has 4 rings (SSSR count). The van der Waals surface area contributed by atoms with Crippen molar-refractivity contribution in [2.45, 2.75) is 18.3 Å². The molecule has 0 spiro atoms. The molecule has 206 valence electrons. The molecule has 2 heterocycles. The highest BCUT2D eigenvalue weighted by Gasteiger charge is 2.64. The Bertz CT molecular complexity index is 1540. The zero-order valence-corrected chi connectivity index (χ0v) is 20.7. The predicted octanol–water partition coefficient (Wildman–Crippen LogP) is 7.50. The molecule has 6 nitrogen and oxygen atoms in total. The number of aromatic nitrogens is 4. The molecule has 4 aromatic rings. The molecule has 0 radical (unpaired) electrons. The molecule has 0 atom stereocenters. The van der Waals surface area contributed by atoms with Crippen molar-refractivity contribution in [2.75, 3.05) is 5.32 Å². The fraction of sp³-hybridized carbons (Fsp3) is 0.174. The molecule has 0 bridgehead atoms. The van der Waals surface area contributed by atoms with Gasteiger partial charge in [0.05, 0.1) is 16.8 Å². The van der Waals surface area contributed by atoms with Gasteiger partial charge in [-0.25, -0.2) is 9.36 Å². The van der Waals surface area contributed by atoms with Crippen LogP contribution in [0.4, 0.5) is 40.8 Å². The Morgan fingerprint density at radius 1 is 0.923 bits per heavy atom. The molecule has 1 N–H and O–H groups in total. The first-order chi connectivity index (χ1) is 18.0. The number of carbonyl (C=O) groups is 1. The molecule has 16 heteroatoms. The van der Waals surface area contributed by atoms with Gasteiger partial charge in [0.1, 0.15) is 5.56 Å². The first kappa shape index (κ1) is 28.4. The molecular formula is C23H13Cl2F8N5O. The zero-order chi connectivity index (χ0) is 28.9. The first-order valence-corrected chi connectivity index (χ1v) is 11.3. The van der Waals surface area contributed by atoms with Gasteiger partial charge in [-0.05, 0) is 42.0 Å². The molecule has 0 aliphatic carbocycles. The van der Waals surface area contributed by atoms with Crippen molar-refractivity contribution in [1.82, 2.24) is 19.6 Å². The summed E-state index contributed by atoms with van der Waals surface area (Å²) < 4.78 is 109. The average molecular weight is 598 g/mol. The van der Waals surface area contributed by atoms with Crippen molar-refractivity contribution in [2.24, 2.45) is 7.05 Å². The van der Waals surface area contributed by atoms with Gasteiger partial charge in [0.15, 0.2) is 11.5 Å². The van der Waals surface area contributed by atoms with Crippen LogP contribution in [-0.4, -0.2) is 31.6 Å². The lowest BCUT2D eigenvalue weighted by molar-refractivity contribution is -0.292. The SMILES string of the molecule is Cn1nc(C(F)(F)C(F)(F)F)c(C(F)(F)F)c1-n1cc(-c2ccc(Cl)c(C(=O)Nc3ccc(Cl)cc3)c2)cn1. The van der Waals surface area contributed by atoms with Crippen LogP contribution in [0.2, 0.25) is 10.0 Å². The summed E-state index contributed by atoms with van der Waals surface area (Å²) in [5.41, 5.74) is -4.14. The minimum absolute atomic E-state index is 0.0273. The minimum Gasteiger partial charge on any atom is -0.322 e. The Labute approximate surface area is 223 Å². The van der Waals surface area contributed by atoms with Crippen LogP contribution in [0.25, 0.3) is 16.9 Å². The van der Waals surface area contributed by atoms with Crippen molar-refractivity contribution in [1.29, 1.82) is 0 Å². The standard InChI is InChI=1S/C23H13Cl2F8N5O/c1-37-20(17(22(28,29)30)18(36-37)21(26,27)23(31,32)33)38-10-12(9-34-38)11-2-7-16(25)15(8-11)19(39)35-14-5-3-13(24)4-6-14/h2-10H,1H3,(H,35,39). The number of benzene rings is 2. The molecule has 2 aromatic carbocycles. The van der Waals surface area contributed by atoms with E-state index in [1.807, 2.05) is 0 Å². The number of halogens is 10. The van der Waals surface area contributed by atoms with Gasteiger partial charge >= 0.3 is 18.3 Å². The maximum Gasteiger partial charge on any atom is 0.459 e. The van der Waals surface area contributed by atoms with Crippen molar-refractivity contribution in [3.05, 3.63) is 81.7 Å². The smallest absolute Gasteiger partial charge is 0.322 e. The van der Waals surface area contributed by atoms with Crippen molar-refractivity contribution in [3.63, 3.8) is 0 Å². The number of hydrogen-bond donors (Lipinski definition) is 1. The molecule has 1 amide bonds. The van der Waals surface area contributed by atoms with E-state index in [2.05, 4.69) is 15.5 Å². The van der Waals surface area contributed by atoms with Crippen molar-refractivity contribution >= 4 is 34.8 Å². The highest BCUT2D eigenvalue weighted by molar-refractivity contribution is 6.34. The minimum atomic E-state index is -6.33. The third-order valence-electron chi connectivity index (χ3n) is 5.40. The van der Waals surface area contributed by atoms with Gasteiger partial charge in [-0.15, -0.1) is 0 Å². The third kappa shape index (κ3) is 5.43. The second-order valence-corrected chi connectivity index (χ2v) is 8.91. The van der Waals surface area contributed by atoms with E-state index in [4.69, 9.17) is 23.2 Å². The molecule has 0 unspecified atom stereocenters. The normalized spacial score (nSPS) is 12.6. The Morgan fingerprint density at radius 3 is 2.15 bits per heavy atom. The molecular weight excluding hydrogens is 585 g/mol. The highest BCUT2D eigenvalue weighted by Crippen LogP contribution is 2.49. The van der Waals surface area contributed by atoms with Crippen molar-refractivity contribution < 1.29 is 39.9 Å². The molecule has 0 saturated carbocycles. The quantitative estimate of drug-likeness (QED) is 0.242. The third-order valence-corrected chi connectivity index (χ3v) is 5.98. The van der Waals surface area contributed by atoms with Crippen LogP contribution in [0.15, 0.2) is 54.9 Å². The van der Waals surface area contributed by atoms with E-state index in [0.717, 1.165) is 19.4 Å². The largest absolute Gasteiger partial charge is 0.459 e. The monoisotopic (exact) mass is 597 g/mol.